The molecule has 164 valence electrons. The van der Waals surface area contributed by atoms with Crippen molar-refractivity contribution in [1.82, 2.24) is 20.4 Å². The monoisotopic (exact) mass is 423 g/mol. The molecule has 0 bridgehead atoms. The number of rotatable bonds is 7. The summed E-state index contributed by atoms with van der Waals surface area (Å²) in [7, 11) is 1.84. The van der Waals surface area contributed by atoms with E-state index in [2.05, 4.69) is 63.7 Å². The Morgan fingerprint density at radius 3 is 2.79 bits per heavy atom. The summed E-state index contributed by atoms with van der Waals surface area (Å²) in [6.45, 7) is 13.7. The highest BCUT2D eigenvalue weighted by Gasteiger charge is 2.27. The Hall–Kier alpha value is -1.19. The molecule has 3 rings (SSSR count). The molecule has 0 radical (unpaired) electrons. The van der Waals surface area contributed by atoms with Gasteiger partial charge in [0.05, 0.1) is 32.0 Å². The number of thiophene rings is 1. The van der Waals surface area contributed by atoms with E-state index in [-0.39, 0.29) is 6.10 Å². The van der Waals surface area contributed by atoms with E-state index in [1.807, 2.05) is 18.4 Å². The number of nitrogens with zero attached hydrogens (tertiary/aromatic N) is 3. The molecule has 1 aromatic heterocycles. The molecule has 0 saturated carbocycles. The Labute approximate surface area is 179 Å². The Kier molecular flexibility index (Phi) is 8.74. The van der Waals surface area contributed by atoms with Crippen LogP contribution in [0.3, 0.4) is 0 Å². The molecule has 2 fully saturated rings. The van der Waals surface area contributed by atoms with Crippen LogP contribution < -0.4 is 10.6 Å². The Bertz CT molecular complexity index is 627. The summed E-state index contributed by atoms with van der Waals surface area (Å²) in [5.74, 6) is 0.862. The van der Waals surface area contributed by atoms with Crippen LogP contribution >= 0.6 is 11.3 Å². The first-order valence-electron chi connectivity index (χ1n) is 10.8. The molecule has 4 unspecified atom stereocenters. The third kappa shape index (κ3) is 6.39. The summed E-state index contributed by atoms with van der Waals surface area (Å²) < 4.78 is 11.3. The second kappa shape index (κ2) is 11.3. The van der Waals surface area contributed by atoms with E-state index in [9.17, 15) is 0 Å². The molecule has 2 saturated heterocycles. The van der Waals surface area contributed by atoms with Crippen LogP contribution in [0.15, 0.2) is 22.5 Å². The van der Waals surface area contributed by atoms with Gasteiger partial charge in [0.1, 0.15) is 0 Å². The van der Waals surface area contributed by atoms with Crippen LogP contribution in [0.5, 0.6) is 0 Å². The van der Waals surface area contributed by atoms with E-state index in [1.165, 1.54) is 4.88 Å². The lowest BCUT2D eigenvalue weighted by atomic mass is 10.1. The molecule has 2 aliphatic heterocycles. The molecule has 0 amide bonds. The van der Waals surface area contributed by atoms with Crippen molar-refractivity contribution in [2.24, 2.45) is 4.99 Å². The zero-order chi connectivity index (χ0) is 20.6. The molecule has 2 N–H and O–H groups in total. The van der Waals surface area contributed by atoms with Gasteiger partial charge in [-0.05, 0) is 32.2 Å². The Morgan fingerprint density at radius 2 is 2.10 bits per heavy atom. The van der Waals surface area contributed by atoms with Gasteiger partial charge in [-0.2, -0.15) is 0 Å². The topological polar surface area (TPSA) is 61.4 Å². The number of guanidine groups is 1. The van der Waals surface area contributed by atoms with Gasteiger partial charge in [-0.15, -0.1) is 11.3 Å². The largest absolute Gasteiger partial charge is 0.379 e. The van der Waals surface area contributed by atoms with Crippen LogP contribution in [0.2, 0.25) is 0 Å². The number of morpholine rings is 2. The zero-order valence-electron chi connectivity index (χ0n) is 18.3. The van der Waals surface area contributed by atoms with Gasteiger partial charge in [0.25, 0.3) is 0 Å². The van der Waals surface area contributed by atoms with Gasteiger partial charge in [-0.25, -0.2) is 0 Å². The van der Waals surface area contributed by atoms with E-state index in [4.69, 9.17) is 9.47 Å². The van der Waals surface area contributed by atoms with Crippen LogP contribution in [0, 0.1) is 0 Å². The van der Waals surface area contributed by atoms with Gasteiger partial charge in [0.15, 0.2) is 5.96 Å². The summed E-state index contributed by atoms with van der Waals surface area (Å²) in [5.41, 5.74) is 0. The standard InChI is InChI=1S/C21H37N5O2S/c1-16(26-8-9-27-15-17(26)2)12-23-21(22-4)24-13-19(20-6-5-11-29-20)25-7-10-28-18(3)14-25/h5-6,11,16-19H,7-10,12-15H2,1-4H3,(H2,22,23,24). The number of hydrogen-bond donors (Lipinski definition) is 2. The first-order valence-corrected chi connectivity index (χ1v) is 11.6. The van der Waals surface area contributed by atoms with Gasteiger partial charge in [0.2, 0.25) is 0 Å². The van der Waals surface area contributed by atoms with Crippen molar-refractivity contribution in [1.29, 1.82) is 0 Å². The van der Waals surface area contributed by atoms with Crippen LogP contribution in [0.1, 0.15) is 31.7 Å². The minimum atomic E-state index is 0.278. The van der Waals surface area contributed by atoms with Crippen LogP contribution in [-0.2, 0) is 9.47 Å². The predicted molar refractivity (Wildman–Crippen MR) is 120 cm³/mol. The van der Waals surface area contributed by atoms with Crippen molar-refractivity contribution in [2.75, 3.05) is 59.6 Å². The average molecular weight is 424 g/mol. The highest BCUT2D eigenvalue weighted by molar-refractivity contribution is 7.10. The second-order valence-electron chi connectivity index (χ2n) is 8.05. The molecule has 8 heteroatoms. The first-order chi connectivity index (χ1) is 14.1. The predicted octanol–water partition coefficient (Wildman–Crippen LogP) is 1.78. The smallest absolute Gasteiger partial charge is 0.191 e. The molecule has 0 aliphatic carbocycles. The molecule has 0 spiro atoms. The van der Waals surface area contributed by atoms with Crippen molar-refractivity contribution >= 4 is 17.3 Å². The normalized spacial score (nSPS) is 26.8. The highest BCUT2D eigenvalue weighted by atomic mass is 32.1. The molecule has 1 aromatic rings. The van der Waals surface area contributed by atoms with Crippen LogP contribution in [0.4, 0.5) is 0 Å². The van der Waals surface area contributed by atoms with Crippen molar-refractivity contribution in [2.45, 2.75) is 45.0 Å². The van der Waals surface area contributed by atoms with Gasteiger partial charge < -0.3 is 20.1 Å². The van der Waals surface area contributed by atoms with Crippen molar-refractivity contribution in [3.8, 4) is 0 Å². The number of aliphatic imine (C=N–C) groups is 1. The first kappa shape index (κ1) is 22.5. The maximum Gasteiger partial charge on any atom is 0.191 e. The van der Waals surface area contributed by atoms with E-state index in [0.29, 0.717) is 18.1 Å². The zero-order valence-corrected chi connectivity index (χ0v) is 19.1. The summed E-state index contributed by atoms with van der Waals surface area (Å²) in [4.78, 5) is 10.9. The van der Waals surface area contributed by atoms with Gasteiger partial charge in [-0.1, -0.05) is 6.07 Å². The van der Waals surface area contributed by atoms with Crippen molar-refractivity contribution in [3.05, 3.63) is 22.4 Å². The minimum absolute atomic E-state index is 0.278. The third-order valence-corrected chi connectivity index (χ3v) is 6.79. The SMILES string of the molecule is CN=C(NCC(c1cccs1)N1CCOC(C)C1)NCC(C)N1CCOCC1C. The number of hydrogen-bond acceptors (Lipinski definition) is 6. The highest BCUT2D eigenvalue weighted by Crippen LogP contribution is 2.26. The molecule has 3 heterocycles. The van der Waals surface area contributed by atoms with E-state index < -0.39 is 0 Å². The third-order valence-electron chi connectivity index (χ3n) is 5.82. The summed E-state index contributed by atoms with van der Waals surface area (Å²) in [6, 6.07) is 5.59. The van der Waals surface area contributed by atoms with Crippen molar-refractivity contribution < 1.29 is 9.47 Å². The lowest BCUT2D eigenvalue weighted by Gasteiger charge is -2.38. The molecule has 0 aromatic carbocycles. The fourth-order valence-corrected chi connectivity index (χ4v) is 5.05. The van der Waals surface area contributed by atoms with E-state index >= 15 is 0 Å². The van der Waals surface area contributed by atoms with Crippen LogP contribution in [-0.4, -0.2) is 93.5 Å². The second-order valence-corrected chi connectivity index (χ2v) is 9.03. The van der Waals surface area contributed by atoms with Crippen LogP contribution in [0.25, 0.3) is 0 Å². The van der Waals surface area contributed by atoms with E-state index in [0.717, 1.165) is 58.5 Å². The summed E-state index contributed by atoms with van der Waals surface area (Å²) in [5, 5.41) is 9.23. The molecule has 7 nitrogen and oxygen atoms in total. The Balaban J connectivity index is 1.53. The number of ether oxygens (including phenoxy) is 2. The molecule has 29 heavy (non-hydrogen) atoms. The van der Waals surface area contributed by atoms with E-state index in [1.54, 1.807) is 0 Å². The molecular weight excluding hydrogens is 386 g/mol. The maximum absolute atomic E-state index is 5.75. The lowest BCUT2D eigenvalue weighted by Crippen LogP contribution is -2.53. The maximum atomic E-state index is 5.75. The minimum Gasteiger partial charge on any atom is -0.379 e. The Morgan fingerprint density at radius 1 is 1.28 bits per heavy atom. The van der Waals surface area contributed by atoms with Gasteiger partial charge >= 0.3 is 0 Å². The number of nitrogens with one attached hydrogen (secondary N) is 2. The quantitative estimate of drug-likeness (QED) is 0.515. The average Bonchev–Trinajstić information content (AvgIpc) is 3.25. The fraction of sp³-hybridized carbons (Fsp3) is 0.762. The fourth-order valence-electron chi connectivity index (χ4n) is 4.19. The molecular formula is C21H37N5O2S. The lowest BCUT2D eigenvalue weighted by molar-refractivity contribution is -0.0334. The van der Waals surface area contributed by atoms with Crippen molar-refractivity contribution in [3.63, 3.8) is 0 Å². The summed E-state index contributed by atoms with van der Waals surface area (Å²) >= 11 is 1.82. The van der Waals surface area contributed by atoms with Gasteiger partial charge in [0, 0.05) is 56.7 Å². The molecule has 2 aliphatic rings. The summed E-state index contributed by atoms with van der Waals surface area (Å²) in [6.07, 6.45) is 0.278. The van der Waals surface area contributed by atoms with Gasteiger partial charge in [-0.3, -0.25) is 14.8 Å². The molecule has 4 atom stereocenters.